The van der Waals surface area contributed by atoms with E-state index >= 15 is 0 Å². The first kappa shape index (κ1) is 12.2. The highest BCUT2D eigenvalue weighted by Crippen LogP contribution is 2.16. The minimum absolute atomic E-state index is 0.0384. The van der Waals surface area contributed by atoms with E-state index in [-0.39, 0.29) is 17.0 Å². The number of aromatic nitrogens is 3. The largest absolute Gasteiger partial charge is 0.384 e. The number of nitrogens with zero attached hydrogens (tertiary/aromatic N) is 2. The molecule has 0 saturated heterocycles. The van der Waals surface area contributed by atoms with Gasteiger partial charge in [0.15, 0.2) is 0 Å². The molecule has 0 bridgehead atoms. The highest BCUT2D eigenvalue weighted by Gasteiger charge is 2.11. The van der Waals surface area contributed by atoms with Gasteiger partial charge < -0.3 is 11.5 Å². The summed E-state index contributed by atoms with van der Waals surface area (Å²) in [7, 11) is 0. The third-order valence-electron chi connectivity index (χ3n) is 2.77. The van der Waals surface area contributed by atoms with Gasteiger partial charge in [0.2, 0.25) is 0 Å². The predicted molar refractivity (Wildman–Crippen MR) is 70.4 cm³/mol. The molecule has 2 aromatic rings. The van der Waals surface area contributed by atoms with E-state index in [1.165, 1.54) is 10.6 Å². The lowest BCUT2D eigenvalue weighted by molar-refractivity contribution is 0.617. The lowest BCUT2D eigenvalue weighted by atomic mass is 10.2. The number of nitrogen functional groups attached to an aromatic ring is 2. The minimum atomic E-state index is -0.534. The Morgan fingerprint density at radius 2 is 2.11 bits per heavy atom. The van der Waals surface area contributed by atoms with Crippen LogP contribution in [-0.2, 0) is 6.54 Å². The van der Waals surface area contributed by atoms with Crippen molar-refractivity contribution < 1.29 is 0 Å². The molecule has 2 aromatic heterocycles. The number of aryl methyl sites for hydroxylation is 1. The molecule has 0 radical (unpaired) electrons. The molecule has 0 aliphatic heterocycles. The average Bonchev–Trinajstić information content (AvgIpc) is 2.27. The minimum Gasteiger partial charge on any atom is -0.384 e. The van der Waals surface area contributed by atoms with Crippen LogP contribution in [0.5, 0.6) is 0 Å². The van der Waals surface area contributed by atoms with Gasteiger partial charge in [0.1, 0.15) is 17.0 Å². The Balaban J connectivity index is 2.84. The van der Waals surface area contributed by atoms with Gasteiger partial charge >= 0.3 is 5.69 Å². The van der Waals surface area contributed by atoms with Gasteiger partial charge in [0, 0.05) is 12.6 Å². The summed E-state index contributed by atoms with van der Waals surface area (Å²) in [5.74, 6) is 0.228. The molecule has 0 fully saturated rings. The van der Waals surface area contributed by atoms with Crippen molar-refractivity contribution in [1.82, 2.24) is 14.5 Å². The summed E-state index contributed by atoms with van der Waals surface area (Å²) in [6.07, 6.45) is 1.76. The normalized spacial score (nSPS) is 10.9. The molecule has 0 aromatic carbocycles. The van der Waals surface area contributed by atoms with Crippen LogP contribution < -0.4 is 22.7 Å². The number of hydrogen-bond donors (Lipinski definition) is 3. The molecule has 96 valence electrons. The zero-order valence-electron chi connectivity index (χ0n) is 10.1. The van der Waals surface area contributed by atoms with Crippen molar-refractivity contribution in [2.24, 2.45) is 0 Å². The Labute approximate surface area is 102 Å². The summed E-state index contributed by atoms with van der Waals surface area (Å²) in [6.45, 7) is 2.52. The van der Waals surface area contributed by atoms with Gasteiger partial charge in [-0.1, -0.05) is 13.3 Å². The maximum atomic E-state index is 11.8. The Hall–Kier alpha value is -2.31. The monoisotopic (exact) mass is 249 g/mol. The van der Waals surface area contributed by atoms with Crippen molar-refractivity contribution in [2.75, 3.05) is 11.5 Å². The molecule has 7 heteroatoms. The lowest BCUT2D eigenvalue weighted by Gasteiger charge is -2.10. The van der Waals surface area contributed by atoms with Gasteiger partial charge in [-0.05, 0) is 6.42 Å². The molecule has 5 N–H and O–H groups in total. The highest BCUT2D eigenvalue weighted by molar-refractivity contribution is 5.89. The molecule has 0 spiro atoms. The lowest BCUT2D eigenvalue weighted by Crippen LogP contribution is -2.31. The molecule has 7 nitrogen and oxygen atoms in total. The molecule has 0 amide bonds. The van der Waals surface area contributed by atoms with Crippen molar-refractivity contribution in [3.05, 3.63) is 26.9 Å². The quantitative estimate of drug-likeness (QED) is 0.709. The van der Waals surface area contributed by atoms with Gasteiger partial charge in [-0.15, -0.1) is 0 Å². The van der Waals surface area contributed by atoms with Crippen LogP contribution in [0.3, 0.4) is 0 Å². The number of aromatic amines is 1. The number of unbranched alkanes of at least 4 members (excludes halogenated alkanes) is 1. The van der Waals surface area contributed by atoms with Crippen LogP contribution in [0, 0.1) is 0 Å². The summed E-state index contributed by atoms with van der Waals surface area (Å²) in [6, 6.07) is 1.50. The molecular formula is C11H15N5O2. The van der Waals surface area contributed by atoms with Crippen LogP contribution in [0.15, 0.2) is 15.7 Å². The molecule has 2 rings (SSSR count). The second kappa shape index (κ2) is 4.52. The van der Waals surface area contributed by atoms with Crippen LogP contribution in [0.2, 0.25) is 0 Å². The summed E-state index contributed by atoms with van der Waals surface area (Å²) in [5, 5.41) is 0.208. The third kappa shape index (κ3) is 1.94. The second-order valence-electron chi connectivity index (χ2n) is 4.09. The Bertz CT molecular complexity index is 701. The van der Waals surface area contributed by atoms with E-state index in [1.807, 2.05) is 6.92 Å². The SMILES string of the molecule is CCCCn1c(=O)[nH]c(=O)c2c(N)nc(N)cc21. The third-order valence-corrected chi connectivity index (χ3v) is 2.77. The number of nitrogens with one attached hydrogen (secondary N) is 1. The molecule has 0 unspecified atom stereocenters. The summed E-state index contributed by atoms with van der Waals surface area (Å²) in [5.41, 5.74) is 10.7. The van der Waals surface area contributed by atoms with Crippen LogP contribution in [-0.4, -0.2) is 14.5 Å². The van der Waals surface area contributed by atoms with Crippen LogP contribution in [0.1, 0.15) is 19.8 Å². The number of anilines is 2. The van der Waals surface area contributed by atoms with Crippen molar-refractivity contribution in [3.8, 4) is 0 Å². The molecule has 18 heavy (non-hydrogen) atoms. The van der Waals surface area contributed by atoms with E-state index in [0.29, 0.717) is 12.1 Å². The fraction of sp³-hybridized carbons (Fsp3) is 0.364. The highest BCUT2D eigenvalue weighted by atomic mass is 16.2. The van der Waals surface area contributed by atoms with Gasteiger partial charge in [-0.2, -0.15) is 0 Å². The van der Waals surface area contributed by atoms with Crippen LogP contribution in [0.25, 0.3) is 10.9 Å². The van der Waals surface area contributed by atoms with Crippen LogP contribution >= 0.6 is 0 Å². The molecule has 2 heterocycles. The van der Waals surface area contributed by atoms with Crippen molar-refractivity contribution in [1.29, 1.82) is 0 Å². The van der Waals surface area contributed by atoms with Crippen molar-refractivity contribution in [3.63, 3.8) is 0 Å². The number of hydrogen-bond acceptors (Lipinski definition) is 5. The van der Waals surface area contributed by atoms with E-state index in [0.717, 1.165) is 12.8 Å². The Kier molecular flexibility index (Phi) is 3.05. The fourth-order valence-electron chi connectivity index (χ4n) is 1.89. The zero-order valence-corrected chi connectivity index (χ0v) is 10.1. The number of H-pyrrole nitrogens is 1. The zero-order chi connectivity index (χ0) is 13.3. The van der Waals surface area contributed by atoms with Gasteiger partial charge in [-0.25, -0.2) is 9.78 Å². The van der Waals surface area contributed by atoms with Crippen LogP contribution in [0.4, 0.5) is 11.6 Å². The summed E-state index contributed by atoms with van der Waals surface area (Å²) in [4.78, 5) is 29.6. The van der Waals surface area contributed by atoms with E-state index in [4.69, 9.17) is 11.5 Å². The maximum Gasteiger partial charge on any atom is 0.328 e. The molecule has 0 saturated carbocycles. The van der Waals surface area contributed by atoms with Gasteiger partial charge in [0.05, 0.1) is 5.52 Å². The Morgan fingerprint density at radius 1 is 1.39 bits per heavy atom. The molecule has 0 atom stereocenters. The van der Waals surface area contributed by atoms with Gasteiger partial charge in [0.25, 0.3) is 5.56 Å². The fourth-order valence-corrected chi connectivity index (χ4v) is 1.89. The Morgan fingerprint density at radius 3 is 2.78 bits per heavy atom. The van der Waals surface area contributed by atoms with Crippen molar-refractivity contribution >= 4 is 22.5 Å². The van der Waals surface area contributed by atoms with E-state index in [2.05, 4.69) is 9.97 Å². The smallest absolute Gasteiger partial charge is 0.328 e. The summed E-state index contributed by atoms with van der Waals surface area (Å²) >= 11 is 0. The first-order chi connectivity index (χ1) is 8.54. The van der Waals surface area contributed by atoms with E-state index in [9.17, 15) is 9.59 Å². The topological polar surface area (TPSA) is 120 Å². The summed E-state index contributed by atoms with van der Waals surface area (Å²) < 4.78 is 1.47. The van der Waals surface area contributed by atoms with Gasteiger partial charge in [-0.3, -0.25) is 14.3 Å². The number of nitrogens with two attached hydrogens (primary N) is 2. The molecule has 0 aliphatic carbocycles. The predicted octanol–water partition coefficient (Wildman–Crippen LogP) is 0.0493. The molecule has 0 aliphatic rings. The first-order valence-electron chi connectivity index (χ1n) is 5.73. The number of fused-ring (bicyclic) bond motifs is 1. The van der Waals surface area contributed by atoms with E-state index in [1.54, 1.807) is 0 Å². The first-order valence-corrected chi connectivity index (χ1v) is 5.73. The number of rotatable bonds is 3. The standard InChI is InChI=1S/C11H15N5O2/c1-2-3-4-16-6-5-7(12)14-9(13)8(6)10(17)15-11(16)18/h5H,2-4H2,1H3,(H4,12,13,14)(H,15,17,18). The average molecular weight is 249 g/mol. The maximum absolute atomic E-state index is 11.8. The molecular weight excluding hydrogens is 234 g/mol. The van der Waals surface area contributed by atoms with E-state index < -0.39 is 11.2 Å². The number of pyridine rings is 1. The second-order valence-corrected chi connectivity index (χ2v) is 4.09. The van der Waals surface area contributed by atoms with Crippen molar-refractivity contribution in [2.45, 2.75) is 26.3 Å².